The first-order valence-corrected chi connectivity index (χ1v) is 5.09. The van der Waals surface area contributed by atoms with Crippen LogP contribution in [0.3, 0.4) is 0 Å². The van der Waals surface area contributed by atoms with E-state index in [1.54, 1.807) is 0 Å². The lowest BCUT2D eigenvalue weighted by Gasteiger charge is -2.01. The summed E-state index contributed by atoms with van der Waals surface area (Å²) in [6, 6.07) is 0. The number of nitrogens with one attached hydrogen (secondary N) is 1. The van der Waals surface area contributed by atoms with Gasteiger partial charge in [-0.05, 0) is 0 Å². The molecule has 0 saturated carbocycles. The fraction of sp³-hybridized carbons (Fsp3) is 0.143. The molecule has 0 saturated heterocycles. The largest absolute Gasteiger partial charge is 0.419 e. The summed E-state index contributed by atoms with van der Waals surface area (Å²) in [4.78, 5) is 10.8. The summed E-state index contributed by atoms with van der Waals surface area (Å²) in [5, 5.41) is 3.27. The molecule has 2 rings (SSSR count). The molecule has 1 atom stereocenters. The van der Waals surface area contributed by atoms with Gasteiger partial charge in [0.05, 0.1) is 11.8 Å². The summed E-state index contributed by atoms with van der Waals surface area (Å²) in [5.41, 5.74) is -0.968. The van der Waals surface area contributed by atoms with Gasteiger partial charge in [-0.1, -0.05) is 0 Å². The molecule has 0 bridgehead atoms. The number of carbonyl (C=O) groups is 1. The van der Waals surface area contributed by atoms with Crippen LogP contribution in [0.15, 0.2) is 18.5 Å². The van der Waals surface area contributed by atoms with E-state index in [-0.39, 0.29) is 5.03 Å². The van der Waals surface area contributed by atoms with Gasteiger partial charge in [0.2, 0.25) is 0 Å². The average Bonchev–Trinajstić information content (AvgIpc) is 2.70. The third-order valence-corrected chi connectivity index (χ3v) is 2.84. The molecule has 1 unspecified atom stereocenters. The zero-order valence-electron chi connectivity index (χ0n) is 7.49. The molecule has 1 aromatic heterocycles. The Hall–Kier alpha value is -1.64. The van der Waals surface area contributed by atoms with Gasteiger partial charge in [-0.2, -0.15) is 18.3 Å². The van der Waals surface area contributed by atoms with Crippen molar-refractivity contribution in [2.45, 2.75) is 6.18 Å². The Bertz CT molecular complexity index is 505. The van der Waals surface area contributed by atoms with Crippen molar-refractivity contribution in [2.75, 3.05) is 0 Å². The number of hydrogen-bond acceptors (Lipinski definition) is 3. The Morgan fingerprint density at radius 3 is 2.56 bits per heavy atom. The Kier molecular flexibility index (Phi) is 2.34. The average molecular weight is 251 g/mol. The zero-order valence-corrected chi connectivity index (χ0v) is 8.30. The molecule has 0 spiro atoms. The highest BCUT2D eigenvalue weighted by molar-refractivity contribution is 7.93. The SMILES string of the molecule is O=C1C=C(n2cc(C(F)(F)F)cn2)S(=O)N1. The van der Waals surface area contributed by atoms with Crippen molar-refractivity contribution in [1.29, 1.82) is 0 Å². The van der Waals surface area contributed by atoms with Crippen molar-refractivity contribution in [3.05, 3.63) is 24.0 Å². The van der Waals surface area contributed by atoms with Crippen LogP contribution in [-0.2, 0) is 22.0 Å². The molecule has 5 nitrogen and oxygen atoms in total. The first-order valence-electron chi connectivity index (χ1n) is 3.94. The molecule has 0 aromatic carbocycles. The lowest BCUT2D eigenvalue weighted by Crippen LogP contribution is -2.17. The lowest BCUT2D eigenvalue weighted by molar-refractivity contribution is -0.137. The number of amides is 1. The minimum Gasteiger partial charge on any atom is -0.269 e. The molecule has 16 heavy (non-hydrogen) atoms. The fourth-order valence-corrected chi connectivity index (χ4v) is 1.91. The Balaban J connectivity index is 2.37. The van der Waals surface area contributed by atoms with Gasteiger partial charge >= 0.3 is 6.18 Å². The highest BCUT2D eigenvalue weighted by Crippen LogP contribution is 2.29. The number of nitrogens with zero attached hydrogens (tertiary/aromatic N) is 2. The second-order valence-corrected chi connectivity index (χ2v) is 4.05. The van der Waals surface area contributed by atoms with E-state index in [9.17, 15) is 22.2 Å². The molecular weight excluding hydrogens is 247 g/mol. The molecule has 9 heteroatoms. The monoisotopic (exact) mass is 251 g/mol. The number of carbonyl (C=O) groups excluding carboxylic acids is 1. The maximum atomic E-state index is 12.2. The predicted octanol–water partition coefficient (Wildman–Crippen LogP) is 0.494. The molecule has 86 valence electrons. The van der Waals surface area contributed by atoms with Gasteiger partial charge in [0, 0.05) is 12.3 Å². The van der Waals surface area contributed by atoms with Gasteiger partial charge < -0.3 is 0 Å². The van der Waals surface area contributed by atoms with E-state index < -0.39 is 28.6 Å². The van der Waals surface area contributed by atoms with Gasteiger partial charge in [0.1, 0.15) is 0 Å². The van der Waals surface area contributed by atoms with E-state index in [0.717, 1.165) is 10.8 Å². The van der Waals surface area contributed by atoms with E-state index >= 15 is 0 Å². The zero-order chi connectivity index (χ0) is 11.9. The first kappa shape index (κ1) is 10.9. The molecule has 0 radical (unpaired) electrons. The van der Waals surface area contributed by atoms with E-state index in [1.165, 1.54) is 0 Å². The molecule has 1 N–H and O–H groups in total. The summed E-state index contributed by atoms with van der Waals surface area (Å²) in [7, 11) is -1.86. The van der Waals surface area contributed by atoms with Crippen LogP contribution >= 0.6 is 0 Å². The molecule has 1 aliphatic rings. The Morgan fingerprint density at radius 1 is 1.44 bits per heavy atom. The van der Waals surface area contributed by atoms with Gasteiger partial charge in [0.15, 0.2) is 16.0 Å². The van der Waals surface area contributed by atoms with E-state index in [2.05, 4.69) is 5.10 Å². The minimum absolute atomic E-state index is 0.125. The standard InChI is InChI=1S/C7H4F3N3O2S/c8-7(9,10)4-2-11-13(3-4)6-1-5(14)12-16(6)15/h1-3H,(H,12,14). The highest BCUT2D eigenvalue weighted by Gasteiger charge is 2.33. The van der Waals surface area contributed by atoms with Crippen molar-refractivity contribution in [3.63, 3.8) is 0 Å². The fourth-order valence-electron chi connectivity index (χ4n) is 1.08. The van der Waals surface area contributed by atoms with Crippen molar-refractivity contribution in [3.8, 4) is 0 Å². The topological polar surface area (TPSA) is 64.0 Å². The van der Waals surface area contributed by atoms with Crippen LogP contribution in [0.5, 0.6) is 0 Å². The third-order valence-electron chi connectivity index (χ3n) is 1.77. The Labute approximate surface area is 89.5 Å². The van der Waals surface area contributed by atoms with E-state index in [0.29, 0.717) is 12.4 Å². The van der Waals surface area contributed by atoms with Crippen LogP contribution in [0.4, 0.5) is 13.2 Å². The van der Waals surface area contributed by atoms with Crippen molar-refractivity contribution >= 4 is 21.9 Å². The molecule has 0 aliphatic carbocycles. The molecule has 2 heterocycles. The maximum Gasteiger partial charge on any atom is 0.419 e. The lowest BCUT2D eigenvalue weighted by atomic mass is 10.4. The molecule has 1 amide bonds. The number of halogens is 3. The third kappa shape index (κ3) is 1.85. The van der Waals surface area contributed by atoms with Crippen molar-refractivity contribution in [2.24, 2.45) is 0 Å². The number of alkyl halides is 3. The number of rotatable bonds is 1. The summed E-state index contributed by atoms with van der Waals surface area (Å²) in [5.74, 6) is -0.627. The van der Waals surface area contributed by atoms with E-state index in [1.807, 2.05) is 4.72 Å². The van der Waals surface area contributed by atoms with Crippen LogP contribution < -0.4 is 4.72 Å². The van der Waals surface area contributed by atoms with Gasteiger partial charge in [-0.15, -0.1) is 0 Å². The predicted molar refractivity (Wildman–Crippen MR) is 47.8 cm³/mol. The first-order chi connectivity index (χ1) is 7.38. The summed E-state index contributed by atoms with van der Waals surface area (Å²) < 4.78 is 50.7. The molecule has 1 aliphatic heterocycles. The van der Waals surface area contributed by atoms with Crippen LogP contribution in [0.1, 0.15) is 5.56 Å². The van der Waals surface area contributed by atoms with Crippen LogP contribution in [0.25, 0.3) is 5.03 Å². The van der Waals surface area contributed by atoms with Gasteiger partial charge in [0.25, 0.3) is 5.91 Å². The molecular formula is C7H4F3N3O2S. The molecule has 0 fully saturated rings. The van der Waals surface area contributed by atoms with Crippen LogP contribution in [-0.4, -0.2) is 19.9 Å². The second kappa shape index (κ2) is 3.44. The second-order valence-electron chi connectivity index (χ2n) is 2.89. The van der Waals surface area contributed by atoms with Gasteiger partial charge in [-0.3, -0.25) is 9.52 Å². The van der Waals surface area contributed by atoms with E-state index in [4.69, 9.17) is 0 Å². The molecule has 1 aromatic rings. The van der Waals surface area contributed by atoms with Gasteiger partial charge in [-0.25, -0.2) is 8.89 Å². The highest BCUT2D eigenvalue weighted by atomic mass is 32.2. The maximum absolute atomic E-state index is 12.2. The summed E-state index contributed by atoms with van der Waals surface area (Å²) >= 11 is 0. The number of aromatic nitrogens is 2. The van der Waals surface area contributed by atoms with Crippen LogP contribution in [0.2, 0.25) is 0 Å². The normalized spacial score (nSPS) is 20.8. The Morgan fingerprint density at radius 2 is 2.12 bits per heavy atom. The number of hydrogen-bond donors (Lipinski definition) is 1. The van der Waals surface area contributed by atoms with Crippen LogP contribution in [0, 0.1) is 0 Å². The van der Waals surface area contributed by atoms with Crippen molar-refractivity contribution in [1.82, 2.24) is 14.5 Å². The summed E-state index contributed by atoms with van der Waals surface area (Å²) in [6.07, 6.45) is -2.32. The quantitative estimate of drug-likeness (QED) is 0.790. The smallest absolute Gasteiger partial charge is 0.269 e. The minimum atomic E-state index is -4.52. The van der Waals surface area contributed by atoms with Crippen molar-refractivity contribution < 1.29 is 22.2 Å². The summed E-state index contributed by atoms with van der Waals surface area (Å²) in [6.45, 7) is 0.